The summed E-state index contributed by atoms with van der Waals surface area (Å²) in [5, 5.41) is 2.85. The molecule has 0 spiro atoms. The number of esters is 1. The Balaban J connectivity index is 2.05. The maximum absolute atomic E-state index is 12.7. The van der Waals surface area contributed by atoms with Crippen LogP contribution < -0.4 is 5.32 Å². The molecule has 1 unspecified atom stereocenters. The third-order valence-corrected chi connectivity index (χ3v) is 4.60. The highest BCUT2D eigenvalue weighted by molar-refractivity contribution is 5.88. The number of hydrogen-bond acceptors (Lipinski definition) is 3. The van der Waals surface area contributed by atoms with Gasteiger partial charge >= 0.3 is 5.97 Å². The summed E-state index contributed by atoms with van der Waals surface area (Å²) in [5.74, 6) is -0.374. The molecule has 2 aromatic rings. The Kier molecular flexibility index (Phi) is 7.59. The SMILES string of the molecule is COC(=O)[C@H](Cc1ccccc1)NC(=O)C(C)c1ccc(CC(C)C)cc1. The zero-order chi connectivity index (χ0) is 19.8. The van der Waals surface area contributed by atoms with E-state index in [0.717, 1.165) is 17.5 Å². The van der Waals surface area contributed by atoms with Crippen LogP contribution in [0, 0.1) is 5.92 Å². The van der Waals surface area contributed by atoms with Crippen LogP contribution in [0.2, 0.25) is 0 Å². The first-order valence-corrected chi connectivity index (χ1v) is 9.41. The molecule has 0 aliphatic carbocycles. The number of carbonyl (C=O) groups is 2. The number of rotatable bonds is 8. The quantitative estimate of drug-likeness (QED) is 0.720. The van der Waals surface area contributed by atoms with Crippen molar-refractivity contribution in [3.8, 4) is 0 Å². The molecule has 0 saturated heterocycles. The number of amides is 1. The summed E-state index contributed by atoms with van der Waals surface area (Å²) in [6, 6.07) is 17.0. The molecule has 0 bridgehead atoms. The van der Waals surface area contributed by atoms with Crippen molar-refractivity contribution in [1.82, 2.24) is 5.32 Å². The van der Waals surface area contributed by atoms with Gasteiger partial charge in [0.2, 0.25) is 5.91 Å². The van der Waals surface area contributed by atoms with Gasteiger partial charge in [-0.25, -0.2) is 4.79 Å². The molecular weight excluding hydrogens is 338 g/mol. The molecule has 2 atom stereocenters. The standard InChI is InChI=1S/C23H29NO3/c1-16(2)14-19-10-12-20(13-11-19)17(3)22(25)24-21(23(26)27-4)15-18-8-6-5-7-9-18/h5-13,16-17,21H,14-15H2,1-4H3,(H,24,25)/t17?,21-/m0/s1. The lowest BCUT2D eigenvalue weighted by atomic mass is 9.95. The molecule has 144 valence electrons. The molecule has 4 nitrogen and oxygen atoms in total. The van der Waals surface area contributed by atoms with Crippen LogP contribution in [0.25, 0.3) is 0 Å². The van der Waals surface area contributed by atoms with Crippen LogP contribution in [0.5, 0.6) is 0 Å². The highest BCUT2D eigenvalue weighted by atomic mass is 16.5. The van der Waals surface area contributed by atoms with Crippen LogP contribution >= 0.6 is 0 Å². The van der Waals surface area contributed by atoms with Gasteiger partial charge in [0.1, 0.15) is 6.04 Å². The van der Waals surface area contributed by atoms with Crippen molar-refractivity contribution in [2.75, 3.05) is 7.11 Å². The summed E-state index contributed by atoms with van der Waals surface area (Å²) >= 11 is 0. The zero-order valence-electron chi connectivity index (χ0n) is 16.6. The Hall–Kier alpha value is -2.62. The average molecular weight is 367 g/mol. The minimum Gasteiger partial charge on any atom is -0.467 e. The van der Waals surface area contributed by atoms with E-state index in [9.17, 15) is 9.59 Å². The van der Waals surface area contributed by atoms with Crippen molar-refractivity contribution in [2.24, 2.45) is 5.92 Å². The Morgan fingerprint density at radius 3 is 2.04 bits per heavy atom. The van der Waals surface area contributed by atoms with Crippen LogP contribution in [-0.4, -0.2) is 25.0 Å². The molecule has 0 aliphatic rings. The van der Waals surface area contributed by atoms with E-state index in [0.29, 0.717) is 12.3 Å². The zero-order valence-corrected chi connectivity index (χ0v) is 16.6. The maximum atomic E-state index is 12.7. The van der Waals surface area contributed by atoms with Crippen LogP contribution in [0.15, 0.2) is 54.6 Å². The van der Waals surface area contributed by atoms with Crippen molar-refractivity contribution in [2.45, 2.75) is 45.6 Å². The highest BCUT2D eigenvalue weighted by Gasteiger charge is 2.25. The third kappa shape index (κ3) is 6.24. The second-order valence-corrected chi connectivity index (χ2v) is 7.34. The normalized spacial score (nSPS) is 13.1. The lowest BCUT2D eigenvalue weighted by molar-refractivity contribution is -0.145. The van der Waals surface area contributed by atoms with Crippen LogP contribution in [0.4, 0.5) is 0 Å². The number of benzene rings is 2. The highest BCUT2D eigenvalue weighted by Crippen LogP contribution is 2.18. The molecule has 0 saturated carbocycles. The van der Waals surface area contributed by atoms with Gasteiger partial charge in [-0.2, -0.15) is 0 Å². The van der Waals surface area contributed by atoms with Crippen molar-refractivity contribution in [3.05, 3.63) is 71.3 Å². The summed E-state index contributed by atoms with van der Waals surface area (Å²) in [5.41, 5.74) is 3.17. The van der Waals surface area contributed by atoms with Crippen LogP contribution in [0.1, 0.15) is 43.4 Å². The number of carbonyl (C=O) groups excluding carboxylic acids is 2. The second kappa shape index (κ2) is 9.91. The predicted molar refractivity (Wildman–Crippen MR) is 107 cm³/mol. The Morgan fingerprint density at radius 1 is 0.889 bits per heavy atom. The number of methoxy groups -OCH3 is 1. The first-order valence-electron chi connectivity index (χ1n) is 9.41. The van der Waals surface area contributed by atoms with Gasteiger partial charge in [0, 0.05) is 6.42 Å². The van der Waals surface area contributed by atoms with Gasteiger partial charge in [-0.05, 0) is 36.0 Å². The van der Waals surface area contributed by atoms with E-state index in [2.05, 4.69) is 31.3 Å². The van der Waals surface area contributed by atoms with Gasteiger partial charge in [-0.3, -0.25) is 4.79 Å². The molecule has 0 aliphatic heterocycles. The smallest absolute Gasteiger partial charge is 0.328 e. The third-order valence-electron chi connectivity index (χ3n) is 4.60. The minimum atomic E-state index is -0.701. The first kappa shape index (κ1) is 20.7. The molecule has 0 heterocycles. The molecule has 0 aromatic heterocycles. The monoisotopic (exact) mass is 367 g/mol. The number of nitrogens with one attached hydrogen (secondary N) is 1. The van der Waals surface area contributed by atoms with E-state index in [4.69, 9.17) is 4.74 Å². The maximum Gasteiger partial charge on any atom is 0.328 e. The number of hydrogen-bond donors (Lipinski definition) is 1. The van der Waals surface area contributed by atoms with Crippen molar-refractivity contribution < 1.29 is 14.3 Å². The largest absolute Gasteiger partial charge is 0.467 e. The molecule has 0 fully saturated rings. The summed E-state index contributed by atoms with van der Waals surface area (Å²) in [6.45, 7) is 6.22. The van der Waals surface area contributed by atoms with E-state index < -0.39 is 12.0 Å². The molecule has 2 aromatic carbocycles. The van der Waals surface area contributed by atoms with Crippen molar-refractivity contribution in [1.29, 1.82) is 0 Å². The summed E-state index contributed by atoms with van der Waals surface area (Å²) in [4.78, 5) is 24.8. The average Bonchev–Trinajstić information content (AvgIpc) is 2.67. The van der Waals surface area contributed by atoms with E-state index in [1.807, 2.05) is 49.4 Å². The van der Waals surface area contributed by atoms with E-state index in [1.165, 1.54) is 12.7 Å². The Bertz CT molecular complexity index is 738. The topological polar surface area (TPSA) is 55.4 Å². The summed E-state index contributed by atoms with van der Waals surface area (Å²) < 4.78 is 4.87. The van der Waals surface area contributed by atoms with E-state index in [-0.39, 0.29) is 11.8 Å². The van der Waals surface area contributed by atoms with Crippen LogP contribution in [0.3, 0.4) is 0 Å². The van der Waals surface area contributed by atoms with Crippen molar-refractivity contribution in [3.63, 3.8) is 0 Å². The first-order chi connectivity index (χ1) is 12.9. The number of ether oxygens (including phenoxy) is 1. The molecule has 4 heteroatoms. The van der Waals surface area contributed by atoms with Crippen molar-refractivity contribution >= 4 is 11.9 Å². The molecule has 1 N–H and O–H groups in total. The van der Waals surface area contributed by atoms with Gasteiger partial charge in [-0.15, -0.1) is 0 Å². The fourth-order valence-electron chi connectivity index (χ4n) is 3.05. The lowest BCUT2D eigenvalue weighted by Crippen LogP contribution is -2.44. The van der Waals surface area contributed by atoms with Gasteiger partial charge < -0.3 is 10.1 Å². The fraction of sp³-hybridized carbons (Fsp3) is 0.391. The summed E-state index contributed by atoms with van der Waals surface area (Å²) in [6.07, 6.45) is 1.42. The Morgan fingerprint density at radius 2 is 1.48 bits per heavy atom. The van der Waals surface area contributed by atoms with E-state index >= 15 is 0 Å². The molecule has 27 heavy (non-hydrogen) atoms. The predicted octanol–water partition coefficient (Wildman–Crippen LogP) is 3.89. The summed E-state index contributed by atoms with van der Waals surface area (Å²) in [7, 11) is 1.34. The molecular formula is C23H29NO3. The minimum absolute atomic E-state index is 0.182. The fourth-order valence-corrected chi connectivity index (χ4v) is 3.05. The second-order valence-electron chi connectivity index (χ2n) is 7.34. The molecule has 2 rings (SSSR count). The van der Waals surface area contributed by atoms with Gasteiger partial charge in [-0.1, -0.05) is 68.4 Å². The van der Waals surface area contributed by atoms with Crippen LogP contribution in [-0.2, 0) is 27.2 Å². The van der Waals surface area contributed by atoms with E-state index in [1.54, 1.807) is 0 Å². The van der Waals surface area contributed by atoms with Gasteiger partial charge in [0.25, 0.3) is 0 Å². The van der Waals surface area contributed by atoms with Gasteiger partial charge in [0.15, 0.2) is 0 Å². The molecule has 0 radical (unpaired) electrons. The Labute approximate surface area is 161 Å². The lowest BCUT2D eigenvalue weighted by Gasteiger charge is -2.20. The molecule has 1 amide bonds. The van der Waals surface area contributed by atoms with Gasteiger partial charge in [0.05, 0.1) is 13.0 Å².